The Labute approximate surface area is 105 Å². The second-order valence-corrected chi connectivity index (χ2v) is 4.57. The van der Waals surface area contributed by atoms with Crippen molar-refractivity contribution in [2.45, 2.75) is 0 Å². The van der Waals surface area contributed by atoms with Gasteiger partial charge in [0.25, 0.3) is 0 Å². The van der Waals surface area contributed by atoms with E-state index in [2.05, 4.69) is 20.9 Å². The summed E-state index contributed by atoms with van der Waals surface area (Å²) in [6.07, 6.45) is 0. The molecule has 0 saturated heterocycles. The average molecular weight is 290 g/mol. The summed E-state index contributed by atoms with van der Waals surface area (Å²) in [7, 11) is 0. The predicted octanol–water partition coefficient (Wildman–Crippen LogP) is 3.55. The minimum absolute atomic E-state index is 0.439. The lowest BCUT2D eigenvalue weighted by molar-refractivity contribution is 0.554. The van der Waals surface area contributed by atoms with Crippen LogP contribution >= 0.6 is 15.9 Å². The van der Waals surface area contributed by atoms with Gasteiger partial charge in [0.15, 0.2) is 5.58 Å². The van der Waals surface area contributed by atoms with E-state index in [0.29, 0.717) is 11.1 Å². The maximum Gasteiger partial charge on any atom is 0.417 e. The van der Waals surface area contributed by atoms with Crippen molar-refractivity contribution < 1.29 is 4.42 Å². The van der Waals surface area contributed by atoms with E-state index in [0.717, 1.165) is 15.6 Å². The first kappa shape index (κ1) is 10.4. The predicted molar refractivity (Wildman–Crippen MR) is 70.0 cm³/mol. The van der Waals surface area contributed by atoms with E-state index in [9.17, 15) is 4.79 Å². The van der Waals surface area contributed by atoms with Gasteiger partial charge >= 0.3 is 5.76 Å². The largest absolute Gasteiger partial charge is 0.417 e. The molecule has 3 aromatic rings. The Kier molecular flexibility index (Phi) is 2.37. The number of halogens is 1. The minimum Gasteiger partial charge on any atom is -0.407 e. The summed E-state index contributed by atoms with van der Waals surface area (Å²) in [5, 5.41) is 0. The molecule has 0 radical (unpaired) electrons. The Morgan fingerprint density at radius 3 is 2.59 bits per heavy atom. The summed E-state index contributed by atoms with van der Waals surface area (Å²) < 4.78 is 5.80. The number of hydrogen-bond acceptors (Lipinski definition) is 2. The summed E-state index contributed by atoms with van der Waals surface area (Å²) in [6, 6.07) is 13.8. The zero-order chi connectivity index (χ0) is 11.8. The number of fused-ring (bicyclic) bond motifs is 1. The van der Waals surface area contributed by atoms with E-state index in [-0.39, 0.29) is 0 Å². The molecule has 3 rings (SSSR count). The van der Waals surface area contributed by atoms with Gasteiger partial charge in [-0.15, -0.1) is 0 Å². The molecule has 0 fully saturated rings. The third-order valence-electron chi connectivity index (χ3n) is 2.58. The van der Waals surface area contributed by atoms with Crippen LogP contribution in [0, 0.1) is 0 Å². The fourth-order valence-electron chi connectivity index (χ4n) is 1.82. The van der Waals surface area contributed by atoms with E-state index < -0.39 is 5.76 Å². The summed E-state index contributed by atoms with van der Waals surface area (Å²) in [5.41, 5.74) is 3.37. The van der Waals surface area contributed by atoms with Crippen LogP contribution in [0.5, 0.6) is 0 Å². The van der Waals surface area contributed by atoms with Gasteiger partial charge < -0.3 is 4.42 Å². The van der Waals surface area contributed by atoms with Crippen LogP contribution in [0.1, 0.15) is 0 Å². The van der Waals surface area contributed by atoms with Crippen LogP contribution in [0.2, 0.25) is 0 Å². The molecule has 0 bridgehead atoms. The maximum absolute atomic E-state index is 11.1. The highest BCUT2D eigenvalue weighted by Crippen LogP contribution is 2.29. The van der Waals surface area contributed by atoms with Gasteiger partial charge in [-0.1, -0.05) is 30.3 Å². The zero-order valence-electron chi connectivity index (χ0n) is 8.74. The van der Waals surface area contributed by atoms with Crippen LogP contribution in [0.15, 0.2) is 56.1 Å². The molecule has 0 aliphatic rings. The molecule has 1 N–H and O–H groups in total. The standard InChI is InChI=1S/C13H8BrNO2/c14-10-6-9(8-4-2-1-3-5-8)7-11-12(10)17-13(16)15-11/h1-7H,(H,15,16). The van der Waals surface area contributed by atoms with Crippen molar-refractivity contribution in [3.8, 4) is 11.1 Å². The van der Waals surface area contributed by atoms with Crippen molar-refractivity contribution >= 4 is 27.0 Å². The molecule has 0 saturated carbocycles. The summed E-state index contributed by atoms with van der Waals surface area (Å²) in [6.45, 7) is 0. The summed E-state index contributed by atoms with van der Waals surface area (Å²) in [5.74, 6) is -0.439. The average Bonchev–Trinajstić information content (AvgIpc) is 2.71. The van der Waals surface area contributed by atoms with Gasteiger partial charge in [-0.25, -0.2) is 4.79 Å². The topological polar surface area (TPSA) is 46.0 Å². The Morgan fingerprint density at radius 2 is 1.82 bits per heavy atom. The molecule has 0 amide bonds. The van der Waals surface area contributed by atoms with Crippen LogP contribution in [0.3, 0.4) is 0 Å². The zero-order valence-corrected chi connectivity index (χ0v) is 10.3. The van der Waals surface area contributed by atoms with Crippen molar-refractivity contribution in [1.29, 1.82) is 0 Å². The van der Waals surface area contributed by atoms with Gasteiger partial charge in [0.2, 0.25) is 0 Å². The van der Waals surface area contributed by atoms with Crippen molar-refractivity contribution in [2.24, 2.45) is 0 Å². The van der Waals surface area contributed by atoms with Gasteiger partial charge in [-0.05, 0) is 39.2 Å². The van der Waals surface area contributed by atoms with Crippen molar-refractivity contribution in [1.82, 2.24) is 4.98 Å². The lowest BCUT2D eigenvalue weighted by atomic mass is 10.1. The first-order valence-corrected chi connectivity index (χ1v) is 5.91. The highest BCUT2D eigenvalue weighted by molar-refractivity contribution is 9.10. The number of aromatic amines is 1. The smallest absolute Gasteiger partial charge is 0.407 e. The molecular weight excluding hydrogens is 282 g/mol. The summed E-state index contributed by atoms with van der Waals surface area (Å²) >= 11 is 3.41. The van der Waals surface area contributed by atoms with E-state index >= 15 is 0 Å². The van der Waals surface area contributed by atoms with Crippen molar-refractivity contribution in [2.75, 3.05) is 0 Å². The first-order chi connectivity index (χ1) is 8.24. The SMILES string of the molecule is O=c1[nH]c2cc(-c3ccccc3)cc(Br)c2o1. The van der Waals surface area contributed by atoms with Gasteiger partial charge in [0.1, 0.15) is 0 Å². The number of nitrogens with one attached hydrogen (secondary N) is 1. The number of rotatable bonds is 1. The third-order valence-corrected chi connectivity index (χ3v) is 3.17. The molecule has 17 heavy (non-hydrogen) atoms. The number of aromatic nitrogens is 1. The minimum atomic E-state index is -0.439. The molecule has 1 aromatic heterocycles. The first-order valence-electron chi connectivity index (χ1n) is 5.12. The van der Waals surface area contributed by atoms with Crippen LogP contribution in [0.25, 0.3) is 22.2 Å². The fraction of sp³-hybridized carbons (Fsp3) is 0. The maximum atomic E-state index is 11.1. The number of hydrogen-bond donors (Lipinski definition) is 1. The van der Waals surface area contributed by atoms with Crippen LogP contribution in [0.4, 0.5) is 0 Å². The molecule has 0 aliphatic carbocycles. The molecule has 0 aliphatic heterocycles. The Bertz CT molecular complexity index is 728. The second kappa shape index (κ2) is 3.89. The van der Waals surface area contributed by atoms with Crippen LogP contribution in [-0.4, -0.2) is 4.98 Å². The molecule has 1 heterocycles. The normalized spacial score (nSPS) is 10.9. The van der Waals surface area contributed by atoms with E-state index in [1.165, 1.54) is 0 Å². The fourth-order valence-corrected chi connectivity index (χ4v) is 2.36. The number of benzene rings is 2. The molecular formula is C13H8BrNO2. The quantitative estimate of drug-likeness (QED) is 0.745. The van der Waals surface area contributed by atoms with E-state index in [4.69, 9.17) is 4.42 Å². The molecule has 0 atom stereocenters. The molecule has 2 aromatic carbocycles. The molecule has 0 spiro atoms. The third kappa shape index (κ3) is 1.80. The van der Waals surface area contributed by atoms with Gasteiger partial charge in [0.05, 0.1) is 9.99 Å². The van der Waals surface area contributed by atoms with Gasteiger partial charge in [0, 0.05) is 0 Å². The lowest BCUT2D eigenvalue weighted by Gasteiger charge is -2.02. The Hall–Kier alpha value is -1.81. The van der Waals surface area contributed by atoms with Crippen LogP contribution < -0.4 is 5.76 Å². The van der Waals surface area contributed by atoms with Gasteiger partial charge in [-0.3, -0.25) is 4.98 Å². The molecule has 3 nitrogen and oxygen atoms in total. The van der Waals surface area contributed by atoms with Crippen molar-refractivity contribution in [3.05, 3.63) is 57.5 Å². The Morgan fingerprint density at radius 1 is 1.06 bits per heavy atom. The van der Waals surface area contributed by atoms with Gasteiger partial charge in [-0.2, -0.15) is 0 Å². The molecule has 4 heteroatoms. The number of H-pyrrole nitrogens is 1. The second-order valence-electron chi connectivity index (χ2n) is 3.72. The van der Waals surface area contributed by atoms with Crippen LogP contribution in [-0.2, 0) is 0 Å². The van der Waals surface area contributed by atoms with E-state index in [1.54, 1.807) is 0 Å². The van der Waals surface area contributed by atoms with Crippen molar-refractivity contribution in [3.63, 3.8) is 0 Å². The lowest BCUT2D eigenvalue weighted by Crippen LogP contribution is -1.92. The number of oxazole rings is 1. The summed E-state index contributed by atoms with van der Waals surface area (Å²) in [4.78, 5) is 13.8. The monoisotopic (exact) mass is 289 g/mol. The highest BCUT2D eigenvalue weighted by Gasteiger charge is 2.08. The highest BCUT2D eigenvalue weighted by atomic mass is 79.9. The Balaban J connectivity index is 2.29. The molecule has 84 valence electrons. The van der Waals surface area contributed by atoms with E-state index in [1.807, 2.05) is 42.5 Å². The molecule has 0 unspecified atom stereocenters.